The highest BCUT2D eigenvalue weighted by Gasteiger charge is 2.16. The van der Waals surface area contributed by atoms with Crippen LogP contribution in [0.5, 0.6) is 0 Å². The molecule has 7 heteroatoms. The molecule has 0 saturated heterocycles. The molecule has 1 aliphatic carbocycles. The van der Waals surface area contributed by atoms with Gasteiger partial charge >= 0.3 is 0 Å². The number of aromatic nitrogens is 1. The van der Waals surface area contributed by atoms with E-state index in [-0.39, 0.29) is 5.75 Å². The molecular weight excluding hydrogens is 264 g/mol. The quantitative estimate of drug-likeness (QED) is 0.765. The number of hydrogen-bond acceptors (Lipinski definition) is 5. The maximum absolute atomic E-state index is 10.8. The van der Waals surface area contributed by atoms with Gasteiger partial charge in [0, 0.05) is 12.2 Å². The van der Waals surface area contributed by atoms with Gasteiger partial charge in [0.1, 0.15) is 11.9 Å². The average Bonchev–Trinajstić information content (AvgIpc) is 2.79. The molecule has 0 fully saturated rings. The third-order valence-electron chi connectivity index (χ3n) is 3.07. The Labute approximate surface area is 112 Å². The van der Waals surface area contributed by atoms with E-state index in [1.165, 1.54) is 0 Å². The Balaban J connectivity index is 2.02. The molecule has 1 aromatic heterocycles. The van der Waals surface area contributed by atoms with Gasteiger partial charge in [-0.25, -0.2) is 18.5 Å². The molecule has 0 saturated carbocycles. The summed E-state index contributed by atoms with van der Waals surface area (Å²) >= 11 is 0. The monoisotopic (exact) mass is 280 g/mol. The summed E-state index contributed by atoms with van der Waals surface area (Å²) in [7, 11) is -3.43. The van der Waals surface area contributed by atoms with E-state index in [2.05, 4.69) is 16.4 Å². The van der Waals surface area contributed by atoms with E-state index in [9.17, 15) is 8.42 Å². The number of nitrogens with one attached hydrogen (secondary N) is 1. The lowest BCUT2D eigenvalue weighted by atomic mass is 10.1. The van der Waals surface area contributed by atoms with Crippen molar-refractivity contribution in [1.29, 1.82) is 5.26 Å². The van der Waals surface area contributed by atoms with Crippen molar-refractivity contribution < 1.29 is 8.42 Å². The number of pyridine rings is 1. The number of rotatable bonds is 5. The summed E-state index contributed by atoms with van der Waals surface area (Å²) < 4.78 is 21.6. The van der Waals surface area contributed by atoms with Crippen LogP contribution in [0.2, 0.25) is 0 Å². The van der Waals surface area contributed by atoms with Gasteiger partial charge in [0.25, 0.3) is 0 Å². The highest BCUT2D eigenvalue weighted by atomic mass is 32.2. The molecular formula is C12H16N4O2S. The molecule has 0 bridgehead atoms. The standard InChI is InChI=1S/C12H16N4O2S/c13-8-10-7-9-3-1-4-11(9)16-12(10)15-5-2-6-19(14,17)18/h7H,1-6H2,(H,15,16)(H2,14,17,18). The van der Waals surface area contributed by atoms with Crippen LogP contribution in [0.1, 0.15) is 29.7 Å². The first kappa shape index (κ1) is 13.8. The van der Waals surface area contributed by atoms with E-state index in [0.29, 0.717) is 24.3 Å². The normalized spacial score (nSPS) is 13.9. The van der Waals surface area contributed by atoms with E-state index in [4.69, 9.17) is 10.4 Å². The van der Waals surface area contributed by atoms with Gasteiger partial charge in [-0.3, -0.25) is 0 Å². The van der Waals surface area contributed by atoms with E-state index in [1.54, 1.807) is 0 Å². The molecule has 0 spiro atoms. The molecule has 0 atom stereocenters. The summed E-state index contributed by atoms with van der Waals surface area (Å²) in [5.41, 5.74) is 2.69. The van der Waals surface area contributed by atoms with Crippen molar-refractivity contribution in [3.8, 4) is 6.07 Å². The minimum absolute atomic E-state index is 0.0766. The zero-order chi connectivity index (χ0) is 13.9. The summed E-state index contributed by atoms with van der Waals surface area (Å²) in [5.74, 6) is 0.463. The second-order valence-electron chi connectivity index (χ2n) is 4.60. The number of nitriles is 1. The van der Waals surface area contributed by atoms with Crippen molar-refractivity contribution in [1.82, 2.24) is 4.98 Å². The van der Waals surface area contributed by atoms with Crippen molar-refractivity contribution in [2.45, 2.75) is 25.7 Å². The SMILES string of the molecule is N#Cc1cc2c(nc1NCCCS(N)(=O)=O)CCC2. The number of anilines is 1. The molecule has 0 radical (unpaired) electrons. The van der Waals surface area contributed by atoms with Crippen molar-refractivity contribution in [2.24, 2.45) is 5.14 Å². The topological polar surface area (TPSA) is 109 Å². The highest BCUT2D eigenvalue weighted by Crippen LogP contribution is 2.24. The van der Waals surface area contributed by atoms with Gasteiger partial charge in [-0.2, -0.15) is 5.26 Å². The second kappa shape index (κ2) is 5.55. The van der Waals surface area contributed by atoms with Gasteiger partial charge in [0.15, 0.2) is 0 Å². The largest absolute Gasteiger partial charge is 0.369 e. The number of nitrogens with two attached hydrogens (primary N) is 1. The Morgan fingerprint density at radius 1 is 1.47 bits per heavy atom. The fourth-order valence-corrected chi connectivity index (χ4v) is 2.72. The fourth-order valence-electron chi connectivity index (χ4n) is 2.17. The van der Waals surface area contributed by atoms with Crippen LogP contribution in [-0.4, -0.2) is 25.7 Å². The van der Waals surface area contributed by atoms with Crippen molar-refractivity contribution >= 4 is 15.8 Å². The van der Waals surface area contributed by atoms with Crippen molar-refractivity contribution in [2.75, 3.05) is 17.6 Å². The molecule has 6 nitrogen and oxygen atoms in total. The van der Waals surface area contributed by atoms with Gasteiger partial charge in [0.05, 0.1) is 11.3 Å². The number of nitrogens with zero attached hydrogens (tertiary/aromatic N) is 2. The van der Waals surface area contributed by atoms with Crippen LogP contribution in [0.4, 0.5) is 5.82 Å². The minimum atomic E-state index is -3.43. The number of hydrogen-bond donors (Lipinski definition) is 2. The van der Waals surface area contributed by atoms with Crippen LogP contribution in [0.25, 0.3) is 0 Å². The molecule has 1 heterocycles. The van der Waals surface area contributed by atoms with Crippen LogP contribution in [0.3, 0.4) is 0 Å². The smallest absolute Gasteiger partial charge is 0.209 e. The van der Waals surface area contributed by atoms with Crippen LogP contribution in [0.15, 0.2) is 6.07 Å². The zero-order valence-corrected chi connectivity index (χ0v) is 11.3. The fraction of sp³-hybridized carbons (Fsp3) is 0.500. The summed E-state index contributed by atoms with van der Waals surface area (Å²) in [4.78, 5) is 4.44. The predicted octanol–water partition coefficient (Wildman–Crippen LogP) is 0.532. The van der Waals surface area contributed by atoms with Gasteiger partial charge in [-0.05, 0) is 37.3 Å². The van der Waals surface area contributed by atoms with E-state index in [0.717, 1.165) is 30.5 Å². The number of fused-ring (bicyclic) bond motifs is 1. The minimum Gasteiger partial charge on any atom is -0.369 e. The summed E-state index contributed by atoms with van der Waals surface area (Å²) in [6.45, 7) is 0.427. The molecule has 102 valence electrons. The zero-order valence-electron chi connectivity index (χ0n) is 10.5. The lowest BCUT2D eigenvalue weighted by Gasteiger charge is -2.09. The Hall–Kier alpha value is -1.65. The molecule has 1 aromatic rings. The van der Waals surface area contributed by atoms with E-state index < -0.39 is 10.0 Å². The number of aryl methyl sites for hydroxylation is 2. The van der Waals surface area contributed by atoms with Crippen LogP contribution < -0.4 is 10.5 Å². The molecule has 0 aliphatic heterocycles. The van der Waals surface area contributed by atoms with Gasteiger partial charge in [0.2, 0.25) is 10.0 Å². The van der Waals surface area contributed by atoms with Crippen molar-refractivity contribution in [3.63, 3.8) is 0 Å². The van der Waals surface area contributed by atoms with Crippen LogP contribution >= 0.6 is 0 Å². The van der Waals surface area contributed by atoms with Crippen molar-refractivity contribution in [3.05, 3.63) is 22.9 Å². The average molecular weight is 280 g/mol. The van der Waals surface area contributed by atoms with Crippen LogP contribution in [-0.2, 0) is 22.9 Å². The first-order valence-electron chi connectivity index (χ1n) is 6.17. The van der Waals surface area contributed by atoms with E-state index >= 15 is 0 Å². The molecule has 0 unspecified atom stereocenters. The Morgan fingerprint density at radius 3 is 2.95 bits per heavy atom. The Morgan fingerprint density at radius 2 is 2.26 bits per heavy atom. The van der Waals surface area contributed by atoms with Gasteiger partial charge in [-0.1, -0.05) is 0 Å². The maximum atomic E-state index is 10.8. The highest BCUT2D eigenvalue weighted by molar-refractivity contribution is 7.89. The maximum Gasteiger partial charge on any atom is 0.209 e. The molecule has 0 amide bonds. The first-order chi connectivity index (χ1) is 8.99. The summed E-state index contributed by atoms with van der Waals surface area (Å²) in [6.07, 6.45) is 3.38. The number of primary sulfonamides is 1. The Bertz CT molecular complexity index is 619. The first-order valence-corrected chi connectivity index (χ1v) is 7.88. The van der Waals surface area contributed by atoms with Gasteiger partial charge in [-0.15, -0.1) is 0 Å². The molecule has 19 heavy (non-hydrogen) atoms. The predicted molar refractivity (Wildman–Crippen MR) is 72.1 cm³/mol. The number of sulfonamides is 1. The second-order valence-corrected chi connectivity index (χ2v) is 6.34. The molecule has 1 aliphatic rings. The third kappa shape index (κ3) is 3.66. The Kier molecular flexibility index (Phi) is 4.02. The molecule has 3 N–H and O–H groups in total. The third-order valence-corrected chi connectivity index (χ3v) is 3.93. The lowest BCUT2D eigenvalue weighted by molar-refractivity contribution is 0.595. The summed E-state index contributed by atoms with van der Waals surface area (Å²) in [5, 5.41) is 17.0. The molecule has 2 rings (SSSR count). The molecule has 0 aromatic carbocycles. The lowest BCUT2D eigenvalue weighted by Crippen LogP contribution is -2.19. The van der Waals surface area contributed by atoms with Crippen LogP contribution in [0, 0.1) is 11.3 Å². The summed E-state index contributed by atoms with van der Waals surface area (Å²) in [6, 6.07) is 3.99. The van der Waals surface area contributed by atoms with Gasteiger partial charge < -0.3 is 5.32 Å². The van der Waals surface area contributed by atoms with E-state index in [1.807, 2.05) is 6.07 Å².